The van der Waals surface area contributed by atoms with Gasteiger partial charge in [0.2, 0.25) is 0 Å². The Kier molecular flexibility index (Phi) is 1.28. The SMILES string of the molecule is Cc1ncc([C@@H]2C[C@@H]2N)s1. The minimum Gasteiger partial charge on any atom is -0.327 e. The summed E-state index contributed by atoms with van der Waals surface area (Å²) in [4.78, 5) is 5.54. The third-order valence-corrected chi connectivity index (χ3v) is 2.89. The average molecular weight is 154 g/mol. The number of hydrogen-bond acceptors (Lipinski definition) is 3. The van der Waals surface area contributed by atoms with Gasteiger partial charge in [0.15, 0.2) is 0 Å². The van der Waals surface area contributed by atoms with Gasteiger partial charge in [0, 0.05) is 23.0 Å². The van der Waals surface area contributed by atoms with Crippen molar-refractivity contribution in [3.63, 3.8) is 0 Å². The van der Waals surface area contributed by atoms with Crippen molar-refractivity contribution in [2.24, 2.45) is 5.73 Å². The van der Waals surface area contributed by atoms with E-state index in [0.29, 0.717) is 12.0 Å². The molecule has 1 aliphatic rings. The lowest BCUT2D eigenvalue weighted by Crippen LogP contribution is -1.99. The fraction of sp³-hybridized carbons (Fsp3) is 0.571. The minimum atomic E-state index is 0.417. The summed E-state index contributed by atoms with van der Waals surface area (Å²) in [5.74, 6) is 0.631. The van der Waals surface area contributed by atoms with E-state index in [1.165, 1.54) is 4.88 Å². The Morgan fingerprint density at radius 2 is 2.50 bits per heavy atom. The molecule has 2 atom stereocenters. The molecular formula is C7H10N2S. The molecule has 3 heteroatoms. The molecule has 0 saturated heterocycles. The van der Waals surface area contributed by atoms with E-state index in [1.807, 2.05) is 13.1 Å². The van der Waals surface area contributed by atoms with E-state index in [1.54, 1.807) is 11.3 Å². The summed E-state index contributed by atoms with van der Waals surface area (Å²) in [7, 11) is 0. The highest BCUT2D eigenvalue weighted by atomic mass is 32.1. The van der Waals surface area contributed by atoms with Gasteiger partial charge in [-0.25, -0.2) is 4.98 Å². The molecule has 2 N–H and O–H groups in total. The molecule has 1 aliphatic carbocycles. The lowest BCUT2D eigenvalue weighted by Gasteiger charge is -1.85. The fourth-order valence-electron chi connectivity index (χ4n) is 1.09. The van der Waals surface area contributed by atoms with Gasteiger partial charge in [0.25, 0.3) is 0 Å². The maximum atomic E-state index is 5.69. The zero-order valence-electron chi connectivity index (χ0n) is 5.87. The average Bonchev–Trinajstić information content (AvgIpc) is 2.42. The summed E-state index contributed by atoms with van der Waals surface area (Å²) < 4.78 is 0. The maximum Gasteiger partial charge on any atom is 0.0896 e. The van der Waals surface area contributed by atoms with E-state index >= 15 is 0 Å². The number of aryl methyl sites for hydroxylation is 1. The van der Waals surface area contributed by atoms with Gasteiger partial charge in [0.05, 0.1) is 5.01 Å². The molecule has 2 nitrogen and oxygen atoms in total. The molecule has 0 amide bonds. The Bertz CT molecular complexity index is 244. The van der Waals surface area contributed by atoms with Gasteiger partial charge in [0.1, 0.15) is 0 Å². The van der Waals surface area contributed by atoms with Gasteiger partial charge < -0.3 is 5.73 Å². The summed E-state index contributed by atoms with van der Waals surface area (Å²) in [6.45, 7) is 2.03. The van der Waals surface area contributed by atoms with E-state index in [4.69, 9.17) is 5.73 Å². The van der Waals surface area contributed by atoms with Crippen LogP contribution in [0.1, 0.15) is 22.2 Å². The molecule has 0 radical (unpaired) electrons. The molecule has 1 aromatic heterocycles. The first-order valence-electron chi connectivity index (χ1n) is 3.45. The van der Waals surface area contributed by atoms with E-state index in [-0.39, 0.29) is 0 Å². The van der Waals surface area contributed by atoms with Gasteiger partial charge in [-0.15, -0.1) is 11.3 Å². The third-order valence-electron chi connectivity index (χ3n) is 1.84. The number of aromatic nitrogens is 1. The number of rotatable bonds is 1. The minimum absolute atomic E-state index is 0.417. The van der Waals surface area contributed by atoms with Crippen molar-refractivity contribution in [2.75, 3.05) is 0 Å². The molecule has 1 aromatic rings. The molecule has 1 heterocycles. The van der Waals surface area contributed by atoms with Gasteiger partial charge in [-0.3, -0.25) is 0 Å². The first-order valence-corrected chi connectivity index (χ1v) is 4.27. The molecular weight excluding hydrogens is 144 g/mol. The topological polar surface area (TPSA) is 38.9 Å². The first kappa shape index (κ1) is 6.31. The highest BCUT2D eigenvalue weighted by molar-refractivity contribution is 7.11. The summed E-state index contributed by atoms with van der Waals surface area (Å²) in [5, 5.41) is 1.15. The van der Waals surface area contributed by atoms with Crippen LogP contribution in [0.4, 0.5) is 0 Å². The van der Waals surface area contributed by atoms with Crippen LogP contribution in [0.3, 0.4) is 0 Å². The van der Waals surface area contributed by atoms with Crippen molar-refractivity contribution in [1.29, 1.82) is 0 Å². The van der Waals surface area contributed by atoms with Crippen LogP contribution >= 0.6 is 11.3 Å². The number of nitrogens with two attached hydrogens (primary N) is 1. The summed E-state index contributed by atoms with van der Waals surface area (Å²) >= 11 is 1.77. The Morgan fingerprint density at radius 3 is 2.90 bits per heavy atom. The van der Waals surface area contributed by atoms with Gasteiger partial charge in [-0.1, -0.05) is 0 Å². The molecule has 0 bridgehead atoms. The highest BCUT2D eigenvalue weighted by Gasteiger charge is 2.36. The largest absolute Gasteiger partial charge is 0.327 e. The lowest BCUT2D eigenvalue weighted by molar-refractivity contribution is 1.00. The van der Waals surface area contributed by atoms with E-state index in [0.717, 1.165) is 11.4 Å². The number of thiazole rings is 1. The van der Waals surface area contributed by atoms with E-state index in [2.05, 4.69) is 4.98 Å². The monoisotopic (exact) mass is 154 g/mol. The molecule has 2 rings (SSSR count). The van der Waals surface area contributed by atoms with Crippen LogP contribution in [-0.4, -0.2) is 11.0 Å². The van der Waals surface area contributed by atoms with Crippen LogP contribution in [0.15, 0.2) is 6.20 Å². The smallest absolute Gasteiger partial charge is 0.0896 e. The van der Waals surface area contributed by atoms with Crippen molar-refractivity contribution in [2.45, 2.75) is 25.3 Å². The summed E-state index contributed by atoms with van der Waals surface area (Å²) in [5.41, 5.74) is 5.69. The maximum absolute atomic E-state index is 5.69. The zero-order valence-corrected chi connectivity index (χ0v) is 6.69. The van der Waals surface area contributed by atoms with Crippen LogP contribution in [-0.2, 0) is 0 Å². The molecule has 0 aromatic carbocycles. The fourth-order valence-corrected chi connectivity index (χ4v) is 2.07. The van der Waals surface area contributed by atoms with E-state index < -0.39 is 0 Å². The highest BCUT2D eigenvalue weighted by Crippen LogP contribution is 2.41. The molecule has 1 saturated carbocycles. The van der Waals surface area contributed by atoms with Crippen molar-refractivity contribution < 1.29 is 0 Å². The van der Waals surface area contributed by atoms with Crippen molar-refractivity contribution in [1.82, 2.24) is 4.98 Å². The molecule has 0 spiro atoms. The quantitative estimate of drug-likeness (QED) is 0.661. The Hall–Kier alpha value is -0.410. The first-order chi connectivity index (χ1) is 4.77. The second-order valence-electron chi connectivity index (χ2n) is 2.79. The molecule has 1 fully saturated rings. The molecule has 10 heavy (non-hydrogen) atoms. The van der Waals surface area contributed by atoms with Crippen LogP contribution in [0, 0.1) is 6.92 Å². The number of hydrogen-bond donors (Lipinski definition) is 1. The Morgan fingerprint density at radius 1 is 1.80 bits per heavy atom. The normalized spacial score (nSPS) is 30.6. The van der Waals surface area contributed by atoms with Crippen LogP contribution in [0.2, 0.25) is 0 Å². The summed E-state index contributed by atoms with van der Waals surface area (Å²) in [6.07, 6.45) is 3.11. The second-order valence-corrected chi connectivity index (χ2v) is 4.05. The van der Waals surface area contributed by atoms with Gasteiger partial charge in [-0.05, 0) is 13.3 Å². The van der Waals surface area contributed by atoms with Gasteiger partial charge in [-0.2, -0.15) is 0 Å². The molecule has 54 valence electrons. The number of nitrogens with zero attached hydrogens (tertiary/aromatic N) is 1. The van der Waals surface area contributed by atoms with Gasteiger partial charge >= 0.3 is 0 Å². The van der Waals surface area contributed by atoms with Crippen LogP contribution in [0.25, 0.3) is 0 Å². The van der Waals surface area contributed by atoms with Crippen molar-refractivity contribution >= 4 is 11.3 Å². The molecule has 0 aliphatic heterocycles. The van der Waals surface area contributed by atoms with Crippen LogP contribution in [0.5, 0.6) is 0 Å². The standard InChI is InChI=1S/C7H10N2S/c1-4-9-3-7(10-4)5-2-6(5)8/h3,5-6H,2,8H2,1H3/t5-,6+/m1/s1. The van der Waals surface area contributed by atoms with E-state index in [9.17, 15) is 0 Å². The predicted molar refractivity (Wildman–Crippen MR) is 42.2 cm³/mol. The second kappa shape index (κ2) is 2.04. The zero-order chi connectivity index (χ0) is 7.14. The lowest BCUT2D eigenvalue weighted by atomic mass is 10.4. The Labute approximate surface area is 64.1 Å². The predicted octanol–water partition coefficient (Wildman–Crippen LogP) is 1.27. The van der Waals surface area contributed by atoms with Crippen molar-refractivity contribution in [3.8, 4) is 0 Å². The third kappa shape index (κ3) is 0.954. The Balaban J connectivity index is 2.20. The van der Waals surface area contributed by atoms with Crippen molar-refractivity contribution in [3.05, 3.63) is 16.1 Å². The summed E-state index contributed by atoms with van der Waals surface area (Å²) in [6, 6.07) is 0.417. The molecule has 0 unspecified atom stereocenters. The van der Waals surface area contributed by atoms with Crippen LogP contribution < -0.4 is 5.73 Å².